The molecular formula is C18H17NO2. The summed E-state index contributed by atoms with van der Waals surface area (Å²) < 4.78 is 0. The van der Waals surface area contributed by atoms with Gasteiger partial charge in [-0.25, -0.2) is 0 Å². The monoisotopic (exact) mass is 279 g/mol. The standard InChI is InChI=1S/C18H17NO2/c1-12(20)18(13(2)21)10-15-7-6-14(9-16(15)11-18)17-5-3-4-8-19-17/h3-9H,10-11H2,1-2H3. The molecule has 3 heteroatoms. The van der Waals surface area contributed by atoms with Crippen LogP contribution in [0.4, 0.5) is 0 Å². The van der Waals surface area contributed by atoms with Gasteiger partial charge in [-0.1, -0.05) is 18.2 Å². The van der Waals surface area contributed by atoms with Crippen molar-refractivity contribution in [3.05, 3.63) is 53.7 Å². The van der Waals surface area contributed by atoms with Gasteiger partial charge < -0.3 is 0 Å². The molecule has 0 bridgehead atoms. The molecule has 0 fully saturated rings. The van der Waals surface area contributed by atoms with E-state index in [0.717, 1.165) is 22.4 Å². The van der Waals surface area contributed by atoms with E-state index in [1.165, 1.54) is 13.8 Å². The largest absolute Gasteiger partial charge is 0.299 e. The summed E-state index contributed by atoms with van der Waals surface area (Å²) in [4.78, 5) is 28.3. The van der Waals surface area contributed by atoms with Crippen LogP contribution in [0.3, 0.4) is 0 Å². The molecule has 1 aliphatic carbocycles. The molecule has 0 spiro atoms. The molecule has 0 N–H and O–H groups in total. The summed E-state index contributed by atoms with van der Waals surface area (Å²) in [5, 5.41) is 0. The van der Waals surface area contributed by atoms with Crippen LogP contribution in [0, 0.1) is 5.41 Å². The van der Waals surface area contributed by atoms with Crippen LogP contribution < -0.4 is 0 Å². The highest BCUT2D eigenvalue weighted by Crippen LogP contribution is 2.40. The van der Waals surface area contributed by atoms with Crippen molar-refractivity contribution in [3.8, 4) is 11.3 Å². The Hall–Kier alpha value is -2.29. The third-order valence-corrected chi connectivity index (χ3v) is 4.50. The Labute approximate surface area is 124 Å². The second kappa shape index (κ2) is 4.92. The molecule has 21 heavy (non-hydrogen) atoms. The normalized spacial score (nSPS) is 15.5. The van der Waals surface area contributed by atoms with E-state index in [1.54, 1.807) is 6.20 Å². The van der Waals surface area contributed by atoms with Crippen molar-refractivity contribution in [3.63, 3.8) is 0 Å². The Morgan fingerprint density at radius 3 is 2.33 bits per heavy atom. The molecule has 3 rings (SSSR count). The summed E-state index contributed by atoms with van der Waals surface area (Å²) in [5.41, 5.74) is 3.26. The molecule has 1 aromatic carbocycles. The van der Waals surface area contributed by atoms with E-state index in [4.69, 9.17) is 0 Å². The first-order valence-electron chi connectivity index (χ1n) is 7.08. The SMILES string of the molecule is CC(=O)C1(C(C)=O)Cc2ccc(-c3ccccn3)cc2C1. The zero-order chi connectivity index (χ0) is 15.0. The summed E-state index contributed by atoms with van der Waals surface area (Å²) in [7, 11) is 0. The number of fused-ring (bicyclic) bond motifs is 1. The van der Waals surface area contributed by atoms with Crippen molar-refractivity contribution in [1.29, 1.82) is 0 Å². The molecule has 1 aromatic heterocycles. The van der Waals surface area contributed by atoms with E-state index in [0.29, 0.717) is 12.8 Å². The van der Waals surface area contributed by atoms with Gasteiger partial charge in [-0.2, -0.15) is 0 Å². The van der Waals surface area contributed by atoms with Gasteiger partial charge >= 0.3 is 0 Å². The van der Waals surface area contributed by atoms with Crippen molar-refractivity contribution >= 4 is 11.6 Å². The molecular weight excluding hydrogens is 262 g/mol. The lowest BCUT2D eigenvalue weighted by Crippen LogP contribution is -2.37. The lowest BCUT2D eigenvalue weighted by atomic mass is 9.77. The molecule has 0 unspecified atom stereocenters. The molecule has 1 aliphatic rings. The Balaban J connectivity index is 2.02. The van der Waals surface area contributed by atoms with Gasteiger partial charge in [0.25, 0.3) is 0 Å². The second-order valence-electron chi connectivity index (χ2n) is 5.75. The maximum atomic E-state index is 12.0. The van der Waals surface area contributed by atoms with E-state index in [9.17, 15) is 9.59 Å². The van der Waals surface area contributed by atoms with Gasteiger partial charge in [-0.05, 0) is 56.0 Å². The smallest absolute Gasteiger partial charge is 0.144 e. The number of carbonyl (C=O) groups excluding carboxylic acids is 2. The predicted octanol–water partition coefficient (Wildman–Crippen LogP) is 3.01. The summed E-state index contributed by atoms with van der Waals surface area (Å²) in [6.07, 6.45) is 2.79. The number of rotatable bonds is 3. The minimum atomic E-state index is -0.856. The highest BCUT2D eigenvalue weighted by molar-refractivity contribution is 6.06. The number of Topliss-reactive ketones (excluding diaryl/α,β-unsaturated/α-hetero) is 2. The highest BCUT2D eigenvalue weighted by atomic mass is 16.2. The van der Waals surface area contributed by atoms with Gasteiger partial charge in [0.05, 0.1) is 11.1 Å². The van der Waals surface area contributed by atoms with Crippen molar-refractivity contribution in [1.82, 2.24) is 4.98 Å². The molecule has 0 atom stereocenters. The average molecular weight is 279 g/mol. The van der Waals surface area contributed by atoms with Crippen molar-refractivity contribution in [2.45, 2.75) is 26.7 Å². The molecule has 2 aromatic rings. The molecule has 0 amide bonds. The number of ketones is 2. The van der Waals surface area contributed by atoms with Crippen LogP contribution in [0.2, 0.25) is 0 Å². The molecule has 0 aliphatic heterocycles. The number of carbonyl (C=O) groups is 2. The zero-order valence-corrected chi connectivity index (χ0v) is 12.2. The summed E-state index contributed by atoms with van der Waals surface area (Å²) in [5.74, 6) is -0.0730. The van der Waals surface area contributed by atoms with E-state index in [1.807, 2.05) is 30.3 Å². The molecule has 106 valence electrons. The van der Waals surface area contributed by atoms with Crippen molar-refractivity contribution < 1.29 is 9.59 Å². The Morgan fingerprint density at radius 1 is 1.00 bits per heavy atom. The van der Waals surface area contributed by atoms with Gasteiger partial charge in [0, 0.05) is 11.8 Å². The predicted molar refractivity (Wildman–Crippen MR) is 80.9 cm³/mol. The molecule has 1 heterocycles. The average Bonchev–Trinajstić information content (AvgIpc) is 2.88. The summed E-state index contributed by atoms with van der Waals surface area (Å²) in [6.45, 7) is 3.04. The minimum Gasteiger partial charge on any atom is -0.299 e. The van der Waals surface area contributed by atoms with Crippen molar-refractivity contribution in [2.75, 3.05) is 0 Å². The first-order valence-corrected chi connectivity index (χ1v) is 7.08. The number of nitrogens with zero attached hydrogens (tertiary/aromatic N) is 1. The molecule has 0 saturated carbocycles. The number of hydrogen-bond acceptors (Lipinski definition) is 3. The van der Waals surface area contributed by atoms with Gasteiger partial charge in [0.1, 0.15) is 11.6 Å². The van der Waals surface area contributed by atoms with Crippen LogP contribution >= 0.6 is 0 Å². The van der Waals surface area contributed by atoms with Crippen LogP contribution in [0.5, 0.6) is 0 Å². The maximum absolute atomic E-state index is 12.0. The number of aromatic nitrogens is 1. The van der Waals surface area contributed by atoms with Crippen LogP contribution in [-0.4, -0.2) is 16.6 Å². The van der Waals surface area contributed by atoms with Crippen molar-refractivity contribution in [2.24, 2.45) is 5.41 Å². The second-order valence-corrected chi connectivity index (χ2v) is 5.75. The molecule has 0 radical (unpaired) electrons. The summed E-state index contributed by atoms with van der Waals surface area (Å²) >= 11 is 0. The number of hydrogen-bond donors (Lipinski definition) is 0. The summed E-state index contributed by atoms with van der Waals surface area (Å²) in [6, 6.07) is 11.9. The fourth-order valence-corrected chi connectivity index (χ4v) is 3.11. The highest BCUT2D eigenvalue weighted by Gasteiger charge is 2.45. The number of benzene rings is 1. The topological polar surface area (TPSA) is 47.0 Å². The Morgan fingerprint density at radius 2 is 1.71 bits per heavy atom. The fraction of sp³-hybridized carbons (Fsp3) is 0.278. The van der Waals surface area contributed by atoms with Crippen LogP contribution in [0.1, 0.15) is 25.0 Å². The van der Waals surface area contributed by atoms with E-state index >= 15 is 0 Å². The van der Waals surface area contributed by atoms with E-state index in [2.05, 4.69) is 11.1 Å². The van der Waals surface area contributed by atoms with E-state index in [-0.39, 0.29) is 11.6 Å². The third kappa shape index (κ3) is 2.19. The van der Waals surface area contributed by atoms with Gasteiger partial charge in [-0.3, -0.25) is 14.6 Å². The molecule has 3 nitrogen and oxygen atoms in total. The third-order valence-electron chi connectivity index (χ3n) is 4.50. The fourth-order valence-electron chi connectivity index (χ4n) is 3.11. The van der Waals surface area contributed by atoms with Crippen LogP contribution in [0.25, 0.3) is 11.3 Å². The maximum Gasteiger partial charge on any atom is 0.144 e. The van der Waals surface area contributed by atoms with Crippen LogP contribution in [-0.2, 0) is 22.4 Å². The number of pyridine rings is 1. The van der Waals surface area contributed by atoms with Gasteiger partial charge in [0.15, 0.2) is 0 Å². The lowest BCUT2D eigenvalue weighted by molar-refractivity contribution is -0.137. The van der Waals surface area contributed by atoms with Crippen LogP contribution in [0.15, 0.2) is 42.6 Å². The lowest BCUT2D eigenvalue weighted by Gasteiger charge is -2.21. The first-order chi connectivity index (χ1) is 10.0. The first kappa shape index (κ1) is 13.7. The molecule has 0 saturated heterocycles. The zero-order valence-electron chi connectivity index (χ0n) is 12.2. The minimum absolute atomic E-state index is 0.0365. The quantitative estimate of drug-likeness (QED) is 0.811. The van der Waals surface area contributed by atoms with Gasteiger partial charge in [0.2, 0.25) is 0 Å². The van der Waals surface area contributed by atoms with E-state index < -0.39 is 5.41 Å². The Bertz CT molecular complexity index is 705. The van der Waals surface area contributed by atoms with Gasteiger partial charge in [-0.15, -0.1) is 0 Å². The Kier molecular flexibility index (Phi) is 3.20.